The molecule has 1 aliphatic heterocycles. The summed E-state index contributed by atoms with van der Waals surface area (Å²) in [6.45, 7) is 4.33. The maximum absolute atomic E-state index is 13.0. The van der Waals surface area contributed by atoms with E-state index in [0.29, 0.717) is 35.4 Å². The number of allylic oxidation sites excluding steroid dienone is 4. The van der Waals surface area contributed by atoms with E-state index in [4.69, 9.17) is 0 Å². The highest BCUT2D eigenvalue weighted by Gasteiger charge is 2.57. The standard InChI is InChI=1S/C26H31NO3/c1-25-13-6-5-7-16(25)10-11-17-19(25)12-14-26(2,24(29)30)20(17)15-22-23(28)18-8-3-4-9-21(18)27-22/h3-6,8-9,15-17,19-20,27H,7,10-14H2,1-2H3,(H,29,30)/b22-15+/t16-,17+,19-,20-,25-,26-/m0/s1. The van der Waals surface area contributed by atoms with Gasteiger partial charge in [0.2, 0.25) is 5.78 Å². The molecule has 1 heterocycles. The molecule has 2 fully saturated rings. The van der Waals surface area contributed by atoms with Crippen molar-refractivity contribution in [2.75, 3.05) is 5.32 Å². The molecule has 0 saturated heterocycles. The third kappa shape index (κ3) is 2.72. The van der Waals surface area contributed by atoms with E-state index in [1.807, 2.05) is 37.3 Å². The number of rotatable bonds is 2. The Bertz CT molecular complexity index is 963. The van der Waals surface area contributed by atoms with Crippen molar-refractivity contribution >= 4 is 17.4 Å². The second-order valence-electron chi connectivity index (χ2n) is 10.3. The molecule has 3 aliphatic carbocycles. The fourth-order valence-corrected chi connectivity index (χ4v) is 7.08. The van der Waals surface area contributed by atoms with Crippen LogP contribution in [0.5, 0.6) is 0 Å². The van der Waals surface area contributed by atoms with Crippen LogP contribution >= 0.6 is 0 Å². The van der Waals surface area contributed by atoms with Gasteiger partial charge in [0.15, 0.2) is 0 Å². The summed E-state index contributed by atoms with van der Waals surface area (Å²) in [6, 6.07) is 7.54. The van der Waals surface area contributed by atoms with Crippen LogP contribution in [0.4, 0.5) is 5.69 Å². The molecule has 4 heteroatoms. The summed E-state index contributed by atoms with van der Waals surface area (Å²) in [5, 5.41) is 13.5. The van der Waals surface area contributed by atoms with Crippen LogP contribution in [0.1, 0.15) is 62.7 Å². The number of carbonyl (C=O) groups is 2. The van der Waals surface area contributed by atoms with Crippen LogP contribution in [0.15, 0.2) is 48.2 Å². The largest absolute Gasteiger partial charge is 0.481 e. The lowest BCUT2D eigenvalue weighted by Crippen LogP contribution is -2.54. The van der Waals surface area contributed by atoms with Crippen LogP contribution in [0.3, 0.4) is 0 Å². The zero-order valence-electron chi connectivity index (χ0n) is 17.9. The number of fused-ring (bicyclic) bond motifs is 4. The normalized spacial score (nSPS) is 41.0. The summed E-state index contributed by atoms with van der Waals surface area (Å²) < 4.78 is 0. The Morgan fingerprint density at radius 3 is 2.73 bits per heavy atom. The molecule has 0 amide bonds. The van der Waals surface area contributed by atoms with E-state index < -0.39 is 11.4 Å². The van der Waals surface area contributed by atoms with E-state index in [0.717, 1.165) is 37.8 Å². The SMILES string of the molecule is C[C@]12CC=CC[C@H]1CC[C@@H]1[C@@H]2CC[C@](C)(C(=O)O)[C@H]1/C=C1/Nc2ccccc2C1=O. The quantitative estimate of drug-likeness (QED) is 0.491. The number of ketones is 1. The van der Waals surface area contributed by atoms with Crippen molar-refractivity contribution in [3.8, 4) is 0 Å². The molecule has 4 nitrogen and oxygen atoms in total. The first-order valence-electron chi connectivity index (χ1n) is 11.4. The van der Waals surface area contributed by atoms with Gasteiger partial charge in [-0.3, -0.25) is 9.59 Å². The minimum absolute atomic E-state index is 0.0130. The van der Waals surface area contributed by atoms with Gasteiger partial charge >= 0.3 is 5.97 Å². The first-order chi connectivity index (χ1) is 14.3. The molecule has 2 saturated carbocycles. The Morgan fingerprint density at radius 2 is 1.97 bits per heavy atom. The maximum Gasteiger partial charge on any atom is 0.309 e. The van der Waals surface area contributed by atoms with Gasteiger partial charge in [0.25, 0.3) is 0 Å². The predicted octanol–water partition coefficient (Wildman–Crippen LogP) is 5.68. The van der Waals surface area contributed by atoms with E-state index in [1.54, 1.807) is 0 Å². The average molecular weight is 406 g/mol. The number of anilines is 1. The van der Waals surface area contributed by atoms with Crippen molar-refractivity contribution in [1.82, 2.24) is 0 Å². The summed E-state index contributed by atoms with van der Waals surface area (Å²) in [4.78, 5) is 25.5. The number of carboxylic acids is 1. The molecule has 0 aromatic heterocycles. The molecule has 0 spiro atoms. The molecule has 0 unspecified atom stereocenters. The fourth-order valence-electron chi connectivity index (χ4n) is 7.08. The monoisotopic (exact) mass is 405 g/mol. The van der Waals surface area contributed by atoms with Crippen molar-refractivity contribution in [2.45, 2.75) is 52.4 Å². The Balaban J connectivity index is 1.55. The van der Waals surface area contributed by atoms with Crippen molar-refractivity contribution in [3.63, 3.8) is 0 Å². The predicted molar refractivity (Wildman–Crippen MR) is 117 cm³/mol. The number of nitrogens with one attached hydrogen (secondary N) is 1. The van der Waals surface area contributed by atoms with Crippen LogP contribution in [-0.4, -0.2) is 16.9 Å². The minimum Gasteiger partial charge on any atom is -0.481 e. The van der Waals surface area contributed by atoms with Gasteiger partial charge in [0.1, 0.15) is 0 Å². The van der Waals surface area contributed by atoms with Gasteiger partial charge in [-0.15, -0.1) is 0 Å². The summed E-state index contributed by atoms with van der Waals surface area (Å²) in [6.07, 6.45) is 12.7. The molecule has 158 valence electrons. The number of hydrogen-bond donors (Lipinski definition) is 2. The molecular weight excluding hydrogens is 374 g/mol. The van der Waals surface area contributed by atoms with Gasteiger partial charge in [-0.25, -0.2) is 0 Å². The molecule has 5 rings (SSSR count). The lowest BCUT2D eigenvalue weighted by Gasteiger charge is -2.59. The summed E-state index contributed by atoms with van der Waals surface area (Å²) in [7, 11) is 0. The van der Waals surface area contributed by atoms with Crippen molar-refractivity contribution in [3.05, 3.63) is 53.8 Å². The molecule has 1 aromatic rings. The first kappa shape index (κ1) is 19.6. The third-order valence-corrected chi connectivity index (χ3v) is 8.98. The fraction of sp³-hybridized carbons (Fsp3) is 0.538. The lowest BCUT2D eigenvalue weighted by molar-refractivity contribution is -0.161. The van der Waals surface area contributed by atoms with Crippen molar-refractivity contribution in [2.24, 2.45) is 34.5 Å². The minimum atomic E-state index is -0.835. The van der Waals surface area contributed by atoms with Crippen LogP contribution in [0.2, 0.25) is 0 Å². The summed E-state index contributed by atoms with van der Waals surface area (Å²) in [5.74, 6) is 0.621. The molecule has 4 aliphatic rings. The lowest BCUT2D eigenvalue weighted by atomic mass is 9.45. The number of Topliss-reactive ketones (excluding diaryl/α,β-unsaturated/α-hetero) is 1. The third-order valence-electron chi connectivity index (χ3n) is 8.98. The second-order valence-corrected chi connectivity index (χ2v) is 10.3. The van der Waals surface area contributed by atoms with Crippen molar-refractivity contribution in [1.29, 1.82) is 0 Å². The highest BCUT2D eigenvalue weighted by atomic mass is 16.4. The van der Waals surface area contributed by atoms with Gasteiger partial charge < -0.3 is 10.4 Å². The molecule has 0 bridgehead atoms. The second kappa shape index (κ2) is 6.83. The van der Waals surface area contributed by atoms with Crippen LogP contribution < -0.4 is 5.32 Å². The smallest absolute Gasteiger partial charge is 0.309 e. The number of carboxylic acid groups (broad SMARTS) is 1. The van der Waals surface area contributed by atoms with Crippen LogP contribution in [0, 0.1) is 34.5 Å². The van der Waals surface area contributed by atoms with Gasteiger partial charge in [0, 0.05) is 11.3 Å². The topological polar surface area (TPSA) is 66.4 Å². The van der Waals surface area contributed by atoms with E-state index >= 15 is 0 Å². The van der Waals surface area contributed by atoms with Crippen LogP contribution in [0.25, 0.3) is 0 Å². The molecule has 30 heavy (non-hydrogen) atoms. The molecule has 6 atom stereocenters. The summed E-state index contributed by atoms with van der Waals surface area (Å²) in [5.41, 5.74) is 1.47. The molecular formula is C26H31NO3. The zero-order valence-corrected chi connectivity index (χ0v) is 17.9. The average Bonchev–Trinajstić information content (AvgIpc) is 3.05. The van der Waals surface area contributed by atoms with Gasteiger partial charge in [-0.1, -0.05) is 37.3 Å². The maximum atomic E-state index is 13.0. The zero-order chi connectivity index (χ0) is 21.1. The number of aliphatic carboxylic acids is 1. The Hall–Kier alpha value is -2.36. The van der Waals surface area contributed by atoms with Crippen LogP contribution in [-0.2, 0) is 4.79 Å². The first-order valence-corrected chi connectivity index (χ1v) is 11.4. The number of hydrogen-bond acceptors (Lipinski definition) is 3. The number of para-hydroxylation sites is 1. The number of carbonyl (C=O) groups excluding carboxylic acids is 1. The molecule has 1 aromatic carbocycles. The van der Waals surface area contributed by atoms with Crippen molar-refractivity contribution < 1.29 is 14.7 Å². The highest BCUT2D eigenvalue weighted by Crippen LogP contribution is 2.62. The van der Waals surface area contributed by atoms with Gasteiger partial charge in [0.05, 0.1) is 11.1 Å². The van der Waals surface area contributed by atoms with Gasteiger partial charge in [-0.2, -0.15) is 0 Å². The Morgan fingerprint density at radius 1 is 1.17 bits per heavy atom. The Labute approximate surface area is 178 Å². The highest BCUT2D eigenvalue weighted by molar-refractivity contribution is 6.18. The van der Waals surface area contributed by atoms with Gasteiger partial charge in [-0.05, 0) is 86.7 Å². The van der Waals surface area contributed by atoms with E-state index in [1.165, 1.54) is 0 Å². The molecule has 0 radical (unpaired) electrons. The Kier molecular flexibility index (Phi) is 4.46. The molecule has 2 N–H and O–H groups in total. The summed E-state index contributed by atoms with van der Waals surface area (Å²) >= 11 is 0. The number of benzene rings is 1. The van der Waals surface area contributed by atoms with E-state index in [2.05, 4.69) is 24.4 Å². The van der Waals surface area contributed by atoms with E-state index in [-0.39, 0.29) is 17.1 Å². The van der Waals surface area contributed by atoms with E-state index in [9.17, 15) is 14.7 Å².